The molecule has 0 bridgehead atoms. The molecule has 2 rings (SSSR count). The standard InChI is InChI=1S/C13H16N2O6/c1-20-9-6-11(13(16)17)14(7-9)8-3-4-10(15(18)19)12(5-8)21-2/h3-5,9,11H,6-7H2,1-2H3,(H,16,17). The first-order chi connectivity index (χ1) is 9.97. The molecule has 1 heterocycles. The summed E-state index contributed by atoms with van der Waals surface area (Å²) in [5, 5.41) is 20.2. The number of methoxy groups -OCH3 is 2. The quantitative estimate of drug-likeness (QED) is 0.645. The molecule has 114 valence electrons. The Morgan fingerprint density at radius 3 is 2.71 bits per heavy atom. The van der Waals surface area contributed by atoms with E-state index in [1.54, 1.807) is 4.90 Å². The minimum absolute atomic E-state index is 0.0995. The molecule has 0 saturated carbocycles. The average Bonchev–Trinajstić information content (AvgIpc) is 2.91. The zero-order valence-electron chi connectivity index (χ0n) is 11.7. The van der Waals surface area contributed by atoms with Crippen LogP contribution in [-0.4, -0.2) is 48.9 Å². The number of hydrogen-bond donors (Lipinski definition) is 1. The number of carboxylic acid groups (broad SMARTS) is 1. The molecule has 1 aromatic carbocycles. The lowest BCUT2D eigenvalue weighted by Gasteiger charge is -2.23. The van der Waals surface area contributed by atoms with Gasteiger partial charge in [0.15, 0.2) is 5.75 Å². The van der Waals surface area contributed by atoms with Crippen molar-refractivity contribution in [1.82, 2.24) is 0 Å². The van der Waals surface area contributed by atoms with Crippen LogP contribution in [0.25, 0.3) is 0 Å². The third kappa shape index (κ3) is 2.89. The maximum atomic E-state index is 11.3. The number of hydrogen-bond acceptors (Lipinski definition) is 6. The Balaban J connectivity index is 2.36. The Morgan fingerprint density at radius 2 is 2.19 bits per heavy atom. The molecule has 8 heteroatoms. The van der Waals surface area contributed by atoms with E-state index in [2.05, 4.69) is 0 Å². The van der Waals surface area contributed by atoms with Crippen molar-refractivity contribution in [3.63, 3.8) is 0 Å². The lowest BCUT2D eigenvalue weighted by Crippen LogP contribution is -2.36. The number of carboxylic acids is 1. The largest absolute Gasteiger partial charge is 0.490 e. The van der Waals surface area contributed by atoms with Crippen molar-refractivity contribution in [2.45, 2.75) is 18.6 Å². The predicted molar refractivity (Wildman–Crippen MR) is 73.8 cm³/mol. The van der Waals surface area contributed by atoms with Crippen LogP contribution in [0.5, 0.6) is 5.75 Å². The van der Waals surface area contributed by atoms with E-state index in [1.807, 2.05) is 0 Å². The van der Waals surface area contributed by atoms with E-state index in [0.29, 0.717) is 18.7 Å². The van der Waals surface area contributed by atoms with Crippen molar-refractivity contribution in [3.8, 4) is 5.75 Å². The summed E-state index contributed by atoms with van der Waals surface area (Å²) in [5.41, 5.74) is 0.403. The Hall–Kier alpha value is -2.35. The van der Waals surface area contributed by atoms with Gasteiger partial charge in [0, 0.05) is 37.9 Å². The monoisotopic (exact) mass is 296 g/mol. The highest BCUT2D eigenvalue weighted by Gasteiger charge is 2.37. The second-order valence-electron chi connectivity index (χ2n) is 4.71. The number of aliphatic carboxylic acids is 1. The molecule has 0 amide bonds. The Labute approximate surface area is 121 Å². The molecule has 0 aromatic heterocycles. The maximum Gasteiger partial charge on any atom is 0.326 e. The SMILES string of the molecule is COc1cc(N2CC(OC)CC2C(=O)O)ccc1[N+](=O)[O-]. The molecule has 2 unspecified atom stereocenters. The van der Waals surface area contributed by atoms with Crippen LogP contribution in [0.15, 0.2) is 18.2 Å². The minimum atomic E-state index is -0.952. The van der Waals surface area contributed by atoms with E-state index in [-0.39, 0.29) is 17.5 Å². The topological polar surface area (TPSA) is 102 Å². The molecule has 1 N–H and O–H groups in total. The molecule has 0 aliphatic carbocycles. The van der Waals surface area contributed by atoms with Crippen LogP contribution in [-0.2, 0) is 9.53 Å². The van der Waals surface area contributed by atoms with E-state index in [1.165, 1.54) is 32.4 Å². The van der Waals surface area contributed by atoms with Gasteiger partial charge in [-0.3, -0.25) is 10.1 Å². The molecule has 21 heavy (non-hydrogen) atoms. The van der Waals surface area contributed by atoms with Crippen molar-refractivity contribution >= 4 is 17.3 Å². The summed E-state index contributed by atoms with van der Waals surface area (Å²) in [4.78, 5) is 23.3. The summed E-state index contributed by atoms with van der Waals surface area (Å²) in [6.07, 6.45) is 0.179. The molecule has 1 aromatic rings. The van der Waals surface area contributed by atoms with Gasteiger partial charge in [0.05, 0.1) is 18.1 Å². The van der Waals surface area contributed by atoms with Gasteiger partial charge in [-0.05, 0) is 6.07 Å². The van der Waals surface area contributed by atoms with Gasteiger partial charge in [-0.1, -0.05) is 0 Å². The third-order valence-corrected chi connectivity index (χ3v) is 3.57. The number of nitro benzene ring substituents is 1. The first kappa shape index (κ1) is 15.0. The summed E-state index contributed by atoms with van der Waals surface area (Å²) < 4.78 is 10.2. The lowest BCUT2D eigenvalue weighted by atomic mass is 10.2. The van der Waals surface area contributed by atoms with Gasteiger partial charge in [-0.15, -0.1) is 0 Å². The van der Waals surface area contributed by atoms with Crippen molar-refractivity contribution in [2.24, 2.45) is 0 Å². The molecular formula is C13H16N2O6. The van der Waals surface area contributed by atoms with Gasteiger partial charge in [0.2, 0.25) is 0 Å². The Bertz CT molecular complexity index is 562. The van der Waals surface area contributed by atoms with Crippen LogP contribution < -0.4 is 9.64 Å². The molecular weight excluding hydrogens is 280 g/mol. The van der Waals surface area contributed by atoms with Gasteiger partial charge in [-0.25, -0.2) is 4.79 Å². The number of rotatable bonds is 5. The Morgan fingerprint density at radius 1 is 1.48 bits per heavy atom. The van der Waals surface area contributed by atoms with Gasteiger partial charge >= 0.3 is 11.7 Å². The number of anilines is 1. The third-order valence-electron chi connectivity index (χ3n) is 3.57. The lowest BCUT2D eigenvalue weighted by molar-refractivity contribution is -0.385. The van der Waals surface area contributed by atoms with Crippen LogP contribution in [0, 0.1) is 10.1 Å². The van der Waals surface area contributed by atoms with E-state index in [0.717, 1.165) is 0 Å². The molecule has 8 nitrogen and oxygen atoms in total. The fourth-order valence-electron chi connectivity index (χ4n) is 2.48. The van der Waals surface area contributed by atoms with Crippen LogP contribution in [0.2, 0.25) is 0 Å². The molecule has 1 aliphatic heterocycles. The van der Waals surface area contributed by atoms with Crippen molar-refractivity contribution in [1.29, 1.82) is 0 Å². The maximum absolute atomic E-state index is 11.3. The minimum Gasteiger partial charge on any atom is -0.490 e. The summed E-state index contributed by atoms with van der Waals surface area (Å²) in [7, 11) is 2.87. The Kier molecular flexibility index (Phi) is 4.27. The van der Waals surface area contributed by atoms with Crippen molar-refractivity contribution < 1.29 is 24.3 Å². The van der Waals surface area contributed by atoms with Crippen LogP contribution in [0.1, 0.15) is 6.42 Å². The summed E-state index contributed by atoms with van der Waals surface area (Å²) in [6, 6.07) is 3.59. The highest BCUT2D eigenvalue weighted by molar-refractivity contribution is 5.79. The number of carbonyl (C=O) groups is 1. The summed E-state index contributed by atoms with van der Waals surface area (Å²) in [5.74, 6) is -0.852. The van der Waals surface area contributed by atoms with Crippen LogP contribution in [0.3, 0.4) is 0 Å². The number of nitrogens with zero attached hydrogens (tertiary/aromatic N) is 2. The fourth-order valence-corrected chi connectivity index (χ4v) is 2.48. The van der Waals surface area contributed by atoms with Gasteiger partial charge in [0.1, 0.15) is 6.04 Å². The molecule has 0 spiro atoms. The first-order valence-electron chi connectivity index (χ1n) is 6.32. The highest BCUT2D eigenvalue weighted by Crippen LogP contribution is 2.34. The van der Waals surface area contributed by atoms with Crippen molar-refractivity contribution in [2.75, 3.05) is 25.7 Å². The zero-order valence-corrected chi connectivity index (χ0v) is 11.7. The van der Waals surface area contributed by atoms with Crippen LogP contribution in [0.4, 0.5) is 11.4 Å². The van der Waals surface area contributed by atoms with Crippen LogP contribution >= 0.6 is 0 Å². The number of benzene rings is 1. The van der Waals surface area contributed by atoms with Crippen molar-refractivity contribution in [3.05, 3.63) is 28.3 Å². The second kappa shape index (κ2) is 5.96. The smallest absolute Gasteiger partial charge is 0.326 e. The molecule has 1 fully saturated rings. The first-order valence-corrected chi connectivity index (χ1v) is 6.32. The zero-order chi connectivity index (χ0) is 15.6. The van der Waals surface area contributed by atoms with E-state index < -0.39 is 16.9 Å². The van der Waals surface area contributed by atoms with E-state index >= 15 is 0 Å². The molecule has 1 saturated heterocycles. The van der Waals surface area contributed by atoms with E-state index in [9.17, 15) is 20.0 Å². The second-order valence-corrected chi connectivity index (χ2v) is 4.71. The van der Waals surface area contributed by atoms with Gasteiger partial charge in [-0.2, -0.15) is 0 Å². The number of ether oxygens (including phenoxy) is 2. The molecule has 1 aliphatic rings. The predicted octanol–water partition coefficient (Wildman–Crippen LogP) is 1.28. The summed E-state index contributed by atoms with van der Waals surface area (Å²) >= 11 is 0. The van der Waals surface area contributed by atoms with Gasteiger partial charge < -0.3 is 19.5 Å². The van der Waals surface area contributed by atoms with E-state index in [4.69, 9.17) is 9.47 Å². The summed E-state index contributed by atoms with van der Waals surface area (Å²) in [6.45, 7) is 0.411. The number of nitro groups is 1. The molecule has 0 radical (unpaired) electrons. The highest BCUT2D eigenvalue weighted by atomic mass is 16.6. The molecule has 2 atom stereocenters. The van der Waals surface area contributed by atoms with Gasteiger partial charge in [0.25, 0.3) is 0 Å². The fraction of sp³-hybridized carbons (Fsp3) is 0.462. The normalized spacial score (nSPS) is 21.3. The average molecular weight is 296 g/mol.